The van der Waals surface area contributed by atoms with E-state index in [1.165, 1.54) is 11.1 Å². The van der Waals surface area contributed by atoms with Gasteiger partial charge in [0.05, 0.1) is 0 Å². The Balaban J connectivity index is 2.77. The van der Waals surface area contributed by atoms with Gasteiger partial charge < -0.3 is 4.74 Å². The summed E-state index contributed by atoms with van der Waals surface area (Å²) >= 11 is 0. The summed E-state index contributed by atoms with van der Waals surface area (Å²) in [6.45, 7) is 6.11. The molecule has 0 spiro atoms. The maximum absolute atomic E-state index is 5.68. The van der Waals surface area contributed by atoms with Crippen molar-refractivity contribution in [2.75, 3.05) is 0 Å². The van der Waals surface area contributed by atoms with Crippen LogP contribution < -0.4 is 10.5 Å². The second-order valence-electron chi connectivity index (χ2n) is 3.39. The summed E-state index contributed by atoms with van der Waals surface area (Å²) < 4.78 is 5.50. The van der Waals surface area contributed by atoms with Crippen LogP contribution in [0.15, 0.2) is 18.2 Å². The van der Waals surface area contributed by atoms with E-state index in [2.05, 4.69) is 19.9 Å². The highest BCUT2D eigenvalue weighted by molar-refractivity contribution is 5.33. The van der Waals surface area contributed by atoms with Crippen LogP contribution in [-0.4, -0.2) is 6.23 Å². The zero-order valence-electron chi connectivity index (χ0n) is 8.50. The predicted molar refractivity (Wildman–Crippen MR) is 54.8 cm³/mol. The molecule has 2 nitrogen and oxygen atoms in total. The molecule has 0 heterocycles. The van der Waals surface area contributed by atoms with Crippen LogP contribution >= 0.6 is 0 Å². The summed E-state index contributed by atoms with van der Waals surface area (Å²) in [7, 11) is 0. The molecule has 0 radical (unpaired) electrons. The van der Waals surface area contributed by atoms with Crippen LogP contribution in [0.3, 0.4) is 0 Å². The van der Waals surface area contributed by atoms with Gasteiger partial charge in [-0.2, -0.15) is 0 Å². The highest BCUT2D eigenvalue weighted by atomic mass is 16.5. The van der Waals surface area contributed by atoms with Gasteiger partial charge in [-0.05, 0) is 43.5 Å². The first-order valence-electron chi connectivity index (χ1n) is 4.62. The fraction of sp³-hybridized carbons (Fsp3) is 0.455. The minimum Gasteiger partial charge on any atom is -0.476 e. The molecule has 1 rings (SSSR count). The number of benzene rings is 1. The minimum atomic E-state index is -0.193. The lowest BCUT2D eigenvalue weighted by atomic mass is 10.1. The van der Waals surface area contributed by atoms with Crippen LogP contribution in [0, 0.1) is 13.8 Å². The van der Waals surface area contributed by atoms with Crippen molar-refractivity contribution in [3.05, 3.63) is 29.3 Å². The van der Waals surface area contributed by atoms with Crippen molar-refractivity contribution in [1.29, 1.82) is 0 Å². The normalized spacial score (nSPS) is 12.6. The Bertz CT molecular complexity index is 263. The van der Waals surface area contributed by atoms with Gasteiger partial charge in [0.25, 0.3) is 0 Å². The standard InChI is InChI=1S/C11H17NO/c1-4-11(12)13-10-6-8(2)5-9(3)7-10/h5-7,11H,4,12H2,1-3H3. The smallest absolute Gasteiger partial charge is 0.147 e. The lowest BCUT2D eigenvalue weighted by molar-refractivity contribution is 0.205. The molecule has 0 aliphatic carbocycles. The van der Waals surface area contributed by atoms with Crippen molar-refractivity contribution in [2.45, 2.75) is 33.4 Å². The first kappa shape index (κ1) is 10.1. The highest BCUT2D eigenvalue weighted by Crippen LogP contribution is 2.17. The van der Waals surface area contributed by atoms with E-state index in [0.717, 1.165) is 12.2 Å². The summed E-state index contributed by atoms with van der Waals surface area (Å²) in [5.41, 5.74) is 8.10. The van der Waals surface area contributed by atoms with E-state index >= 15 is 0 Å². The number of ether oxygens (including phenoxy) is 1. The average molecular weight is 179 g/mol. The van der Waals surface area contributed by atoms with Crippen molar-refractivity contribution in [1.82, 2.24) is 0 Å². The monoisotopic (exact) mass is 179 g/mol. The van der Waals surface area contributed by atoms with Crippen molar-refractivity contribution >= 4 is 0 Å². The zero-order valence-corrected chi connectivity index (χ0v) is 8.50. The number of rotatable bonds is 3. The molecule has 0 saturated carbocycles. The number of hydrogen-bond donors (Lipinski definition) is 1. The predicted octanol–water partition coefficient (Wildman–Crippen LogP) is 2.38. The van der Waals surface area contributed by atoms with Crippen LogP contribution in [0.5, 0.6) is 5.75 Å². The summed E-state index contributed by atoms with van der Waals surface area (Å²) in [6, 6.07) is 6.12. The fourth-order valence-corrected chi connectivity index (χ4v) is 1.26. The Labute approximate surface area is 79.7 Å². The third kappa shape index (κ3) is 3.07. The lowest BCUT2D eigenvalue weighted by Crippen LogP contribution is -2.25. The number of aryl methyl sites for hydroxylation is 2. The molecule has 0 saturated heterocycles. The van der Waals surface area contributed by atoms with Gasteiger partial charge in [-0.15, -0.1) is 0 Å². The Hall–Kier alpha value is -1.02. The van der Waals surface area contributed by atoms with Gasteiger partial charge in [-0.3, -0.25) is 5.73 Å². The van der Waals surface area contributed by atoms with Crippen LogP contribution in [0.4, 0.5) is 0 Å². The van der Waals surface area contributed by atoms with Crippen molar-refractivity contribution in [3.63, 3.8) is 0 Å². The van der Waals surface area contributed by atoms with Crippen molar-refractivity contribution < 1.29 is 4.74 Å². The molecule has 2 heteroatoms. The third-order valence-corrected chi connectivity index (χ3v) is 1.89. The molecule has 0 aliphatic heterocycles. The van der Waals surface area contributed by atoms with Crippen LogP contribution in [-0.2, 0) is 0 Å². The molecular weight excluding hydrogens is 162 g/mol. The molecule has 0 bridgehead atoms. The molecule has 1 unspecified atom stereocenters. The molecule has 1 atom stereocenters. The third-order valence-electron chi connectivity index (χ3n) is 1.89. The van der Waals surface area contributed by atoms with E-state index in [9.17, 15) is 0 Å². The SMILES string of the molecule is CCC(N)Oc1cc(C)cc(C)c1. The van der Waals surface area contributed by atoms with Crippen molar-refractivity contribution in [3.8, 4) is 5.75 Å². The number of hydrogen-bond acceptors (Lipinski definition) is 2. The maximum Gasteiger partial charge on any atom is 0.147 e. The van der Waals surface area contributed by atoms with E-state index in [0.29, 0.717) is 0 Å². The topological polar surface area (TPSA) is 35.2 Å². The molecular formula is C11H17NO. The molecule has 1 aromatic carbocycles. The van der Waals surface area contributed by atoms with Gasteiger partial charge in [0, 0.05) is 0 Å². The summed E-state index contributed by atoms with van der Waals surface area (Å²) in [4.78, 5) is 0. The fourth-order valence-electron chi connectivity index (χ4n) is 1.26. The quantitative estimate of drug-likeness (QED) is 0.723. The summed E-state index contributed by atoms with van der Waals surface area (Å²) in [6.07, 6.45) is 0.633. The van der Waals surface area contributed by atoms with E-state index in [1.807, 2.05) is 19.1 Å². The second-order valence-corrected chi connectivity index (χ2v) is 3.39. The van der Waals surface area contributed by atoms with Crippen LogP contribution in [0.25, 0.3) is 0 Å². The first-order valence-corrected chi connectivity index (χ1v) is 4.62. The molecule has 0 fully saturated rings. The molecule has 2 N–H and O–H groups in total. The van der Waals surface area contributed by atoms with Gasteiger partial charge in [-0.1, -0.05) is 13.0 Å². The van der Waals surface area contributed by atoms with E-state index < -0.39 is 0 Å². The molecule has 13 heavy (non-hydrogen) atoms. The Morgan fingerprint density at radius 1 is 1.23 bits per heavy atom. The second kappa shape index (κ2) is 4.28. The lowest BCUT2D eigenvalue weighted by Gasteiger charge is -2.13. The first-order chi connectivity index (χ1) is 6.11. The van der Waals surface area contributed by atoms with E-state index in [1.54, 1.807) is 0 Å². The van der Waals surface area contributed by atoms with Gasteiger partial charge in [0.2, 0.25) is 0 Å². The van der Waals surface area contributed by atoms with E-state index in [4.69, 9.17) is 10.5 Å². The van der Waals surface area contributed by atoms with Gasteiger partial charge >= 0.3 is 0 Å². The maximum atomic E-state index is 5.68. The van der Waals surface area contributed by atoms with Gasteiger partial charge in [0.15, 0.2) is 0 Å². The average Bonchev–Trinajstić information content (AvgIpc) is 2.02. The Morgan fingerprint density at radius 3 is 2.23 bits per heavy atom. The minimum absolute atomic E-state index is 0.193. The van der Waals surface area contributed by atoms with Gasteiger partial charge in [0.1, 0.15) is 12.0 Å². The zero-order chi connectivity index (χ0) is 9.84. The molecule has 0 amide bonds. The molecule has 0 aliphatic rings. The Kier molecular flexibility index (Phi) is 3.32. The molecule has 72 valence electrons. The van der Waals surface area contributed by atoms with Gasteiger partial charge in [-0.25, -0.2) is 0 Å². The summed E-state index contributed by atoms with van der Waals surface area (Å²) in [5.74, 6) is 0.867. The molecule has 1 aromatic rings. The highest BCUT2D eigenvalue weighted by Gasteiger charge is 2.01. The van der Waals surface area contributed by atoms with Crippen LogP contribution in [0.2, 0.25) is 0 Å². The molecule has 0 aromatic heterocycles. The summed E-state index contributed by atoms with van der Waals surface area (Å²) in [5, 5.41) is 0. The Morgan fingerprint density at radius 2 is 1.77 bits per heavy atom. The van der Waals surface area contributed by atoms with Crippen LogP contribution in [0.1, 0.15) is 24.5 Å². The van der Waals surface area contributed by atoms with Crippen molar-refractivity contribution in [2.24, 2.45) is 5.73 Å². The largest absolute Gasteiger partial charge is 0.476 e. The van der Waals surface area contributed by atoms with E-state index in [-0.39, 0.29) is 6.23 Å². The number of nitrogens with two attached hydrogens (primary N) is 1.